The minimum Gasteiger partial charge on any atom is -0.382 e. The Hall–Kier alpha value is -2.13. The number of nitrogens with zero attached hydrogens (tertiary/aromatic N) is 3. The second kappa shape index (κ2) is 7.18. The predicted molar refractivity (Wildman–Crippen MR) is 92.4 cm³/mol. The first-order valence-electron chi connectivity index (χ1n) is 7.60. The van der Waals surface area contributed by atoms with E-state index in [-0.39, 0.29) is 29.0 Å². The second-order valence-corrected chi connectivity index (χ2v) is 7.59. The van der Waals surface area contributed by atoms with Crippen molar-refractivity contribution in [2.24, 2.45) is 0 Å². The number of hydrogen-bond acceptors (Lipinski definition) is 6. The van der Waals surface area contributed by atoms with Crippen LogP contribution in [0, 0.1) is 11.3 Å². The van der Waals surface area contributed by atoms with Crippen LogP contribution >= 0.6 is 7.60 Å². The molecule has 7 nitrogen and oxygen atoms in total. The van der Waals surface area contributed by atoms with Crippen LogP contribution in [0.15, 0.2) is 30.3 Å². The lowest BCUT2D eigenvalue weighted by molar-refractivity contribution is 0.149. The zero-order valence-corrected chi connectivity index (χ0v) is 15.0. The lowest BCUT2D eigenvalue weighted by Crippen LogP contribution is -2.20. The van der Waals surface area contributed by atoms with Crippen LogP contribution in [0.5, 0.6) is 0 Å². The molecule has 0 unspecified atom stereocenters. The van der Waals surface area contributed by atoms with Crippen LogP contribution in [0.2, 0.25) is 0 Å². The summed E-state index contributed by atoms with van der Waals surface area (Å²) in [4.78, 5) is 0. The largest absolute Gasteiger partial charge is 0.383 e. The van der Waals surface area contributed by atoms with Crippen molar-refractivity contribution in [3.05, 3.63) is 35.9 Å². The number of hydrogen-bond donors (Lipinski definition) is 1. The maximum Gasteiger partial charge on any atom is 0.383 e. The lowest BCUT2D eigenvalue weighted by atomic mass is 10.3. The van der Waals surface area contributed by atoms with Crippen LogP contribution in [0.4, 0.5) is 5.82 Å². The first-order chi connectivity index (χ1) is 11.3. The SMILES string of the molecule is CC(C)OP(=O)(OC(C)C)c1nn(-c2ccccc2)c(N)c1C#N. The number of nitriles is 1. The van der Waals surface area contributed by atoms with Crippen LogP contribution in [-0.4, -0.2) is 22.0 Å². The van der Waals surface area contributed by atoms with Crippen LogP contribution in [0.1, 0.15) is 33.3 Å². The fraction of sp³-hybridized carbons (Fsp3) is 0.375. The van der Waals surface area contributed by atoms with Gasteiger partial charge in [0.05, 0.1) is 17.9 Å². The Balaban J connectivity index is 2.64. The molecule has 1 aromatic carbocycles. The van der Waals surface area contributed by atoms with E-state index in [1.54, 1.807) is 39.8 Å². The zero-order chi connectivity index (χ0) is 17.9. The van der Waals surface area contributed by atoms with E-state index < -0.39 is 7.60 Å². The number of nitrogen functional groups attached to an aromatic ring is 1. The first-order valence-corrected chi connectivity index (χ1v) is 9.14. The fourth-order valence-corrected chi connectivity index (χ4v) is 4.16. The predicted octanol–water partition coefficient (Wildman–Crippen LogP) is 2.99. The maximum atomic E-state index is 13.3. The van der Waals surface area contributed by atoms with E-state index in [1.165, 1.54) is 4.68 Å². The third-order valence-corrected chi connectivity index (χ3v) is 5.20. The Morgan fingerprint density at radius 3 is 2.17 bits per heavy atom. The summed E-state index contributed by atoms with van der Waals surface area (Å²) in [5, 5.41) is 13.8. The summed E-state index contributed by atoms with van der Waals surface area (Å²) in [6, 6.07) is 11.0. The third kappa shape index (κ3) is 3.68. The van der Waals surface area contributed by atoms with Crippen LogP contribution in [-0.2, 0) is 13.6 Å². The average Bonchev–Trinajstić information content (AvgIpc) is 2.84. The first kappa shape index (κ1) is 18.2. The molecule has 1 aromatic heterocycles. The summed E-state index contributed by atoms with van der Waals surface area (Å²) < 4.78 is 25.7. The Labute approximate surface area is 141 Å². The minimum absolute atomic E-state index is 0.00323. The second-order valence-electron chi connectivity index (χ2n) is 5.75. The molecule has 0 radical (unpaired) electrons. The van der Waals surface area contributed by atoms with Crippen molar-refractivity contribution in [3.63, 3.8) is 0 Å². The summed E-state index contributed by atoms with van der Waals surface area (Å²) in [7, 11) is -3.80. The topological polar surface area (TPSA) is 103 Å². The van der Waals surface area contributed by atoms with E-state index >= 15 is 0 Å². The van der Waals surface area contributed by atoms with E-state index in [1.807, 2.05) is 24.3 Å². The summed E-state index contributed by atoms with van der Waals surface area (Å²) in [6.07, 6.45) is -0.742. The molecule has 0 aliphatic carbocycles. The van der Waals surface area contributed by atoms with Crippen molar-refractivity contribution < 1.29 is 13.6 Å². The molecule has 0 bridgehead atoms. The highest BCUT2D eigenvalue weighted by atomic mass is 31.2. The van der Waals surface area contributed by atoms with Crippen molar-refractivity contribution >= 4 is 18.8 Å². The molecule has 8 heteroatoms. The quantitative estimate of drug-likeness (QED) is 0.805. The zero-order valence-electron chi connectivity index (χ0n) is 14.1. The molecule has 0 amide bonds. The molecule has 0 saturated carbocycles. The fourth-order valence-electron chi connectivity index (χ4n) is 2.16. The Morgan fingerprint density at radius 2 is 1.71 bits per heavy atom. The van der Waals surface area contributed by atoms with E-state index in [0.717, 1.165) is 0 Å². The van der Waals surface area contributed by atoms with Gasteiger partial charge in [-0.15, -0.1) is 0 Å². The van der Waals surface area contributed by atoms with Gasteiger partial charge in [0, 0.05) is 0 Å². The molecule has 0 saturated heterocycles. The summed E-state index contributed by atoms with van der Waals surface area (Å²) in [5.41, 5.74) is 6.64. The Morgan fingerprint density at radius 1 is 1.17 bits per heavy atom. The summed E-state index contributed by atoms with van der Waals surface area (Å²) >= 11 is 0. The Kier molecular flexibility index (Phi) is 5.45. The minimum atomic E-state index is -3.80. The van der Waals surface area contributed by atoms with Crippen LogP contribution in [0.3, 0.4) is 0 Å². The maximum absolute atomic E-state index is 13.3. The van der Waals surface area contributed by atoms with Gasteiger partial charge >= 0.3 is 7.60 Å². The molecule has 2 aromatic rings. The van der Waals surface area contributed by atoms with E-state index in [2.05, 4.69) is 5.10 Å². The molecule has 24 heavy (non-hydrogen) atoms. The van der Waals surface area contributed by atoms with Gasteiger partial charge in [-0.05, 0) is 39.8 Å². The van der Waals surface area contributed by atoms with Crippen LogP contribution < -0.4 is 11.2 Å². The molecular weight excluding hydrogens is 327 g/mol. The van der Waals surface area contributed by atoms with Crippen LogP contribution in [0.25, 0.3) is 5.69 Å². The number of nitrogens with two attached hydrogens (primary N) is 1. The highest BCUT2D eigenvalue weighted by Crippen LogP contribution is 2.50. The van der Waals surface area contributed by atoms with Gasteiger partial charge in [-0.2, -0.15) is 10.4 Å². The van der Waals surface area contributed by atoms with Gasteiger partial charge in [0.1, 0.15) is 17.5 Å². The van der Waals surface area contributed by atoms with E-state index in [4.69, 9.17) is 14.8 Å². The summed E-state index contributed by atoms with van der Waals surface area (Å²) in [5.74, 6) is 0.0960. The average molecular weight is 348 g/mol. The number of rotatable bonds is 6. The Bertz CT molecular complexity index is 780. The highest BCUT2D eigenvalue weighted by Gasteiger charge is 2.38. The smallest absolute Gasteiger partial charge is 0.382 e. The molecule has 1 heterocycles. The number of anilines is 1. The lowest BCUT2D eigenvalue weighted by Gasteiger charge is -2.21. The molecule has 2 rings (SSSR count). The van der Waals surface area contributed by atoms with E-state index in [9.17, 15) is 9.83 Å². The molecule has 0 aliphatic heterocycles. The molecule has 128 valence electrons. The standard InChI is InChI=1S/C16H21N4O3P/c1-11(2)22-24(21,23-12(3)4)16-14(10-17)15(18)20(19-16)13-8-6-5-7-9-13/h5-9,11-12H,18H2,1-4H3. The monoisotopic (exact) mass is 348 g/mol. The van der Waals surface area contributed by atoms with Crippen molar-refractivity contribution in [2.75, 3.05) is 5.73 Å². The molecule has 0 atom stereocenters. The molecule has 0 aliphatic rings. The molecule has 0 fully saturated rings. The number of para-hydroxylation sites is 1. The van der Waals surface area contributed by atoms with Gasteiger partial charge in [0.15, 0.2) is 5.44 Å². The van der Waals surface area contributed by atoms with Crippen molar-refractivity contribution in [1.29, 1.82) is 5.26 Å². The number of benzene rings is 1. The molecule has 2 N–H and O–H groups in total. The van der Waals surface area contributed by atoms with Gasteiger partial charge < -0.3 is 14.8 Å². The van der Waals surface area contributed by atoms with Gasteiger partial charge in [-0.25, -0.2) is 4.68 Å². The molecular formula is C16H21N4O3P. The number of aromatic nitrogens is 2. The highest BCUT2D eigenvalue weighted by molar-refractivity contribution is 7.62. The van der Waals surface area contributed by atoms with Gasteiger partial charge in [0.25, 0.3) is 0 Å². The van der Waals surface area contributed by atoms with Crippen molar-refractivity contribution in [1.82, 2.24) is 9.78 Å². The summed E-state index contributed by atoms with van der Waals surface area (Å²) in [6.45, 7) is 6.94. The van der Waals surface area contributed by atoms with Crippen molar-refractivity contribution in [2.45, 2.75) is 39.9 Å². The van der Waals surface area contributed by atoms with E-state index in [0.29, 0.717) is 5.69 Å². The third-order valence-electron chi connectivity index (χ3n) is 2.97. The normalized spacial score (nSPS) is 11.9. The van der Waals surface area contributed by atoms with Gasteiger partial charge in [0.2, 0.25) is 0 Å². The van der Waals surface area contributed by atoms with Gasteiger partial charge in [-0.3, -0.25) is 4.57 Å². The molecule has 0 spiro atoms. The van der Waals surface area contributed by atoms with Crippen molar-refractivity contribution in [3.8, 4) is 11.8 Å². The van der Waals surface area contributed by atoms with Gasteiger partial charge in [-0.1, -0.05) is 18.2 Å².